The summed E-state index contributed by atoms with van der Waals surface area (Å²) in [6, 6.07) is 3.48. The highest BCUT2D eigenvalue weighted by molar-refractivity contribution is 7.99. The van der Waals surface area contributed by atoms with Gasteiger partial charge in [0.1, 0.15) is 0 Å². The van der Waals surface area contributed by atoms with Crippen LogP contribution in [0.4, 0.5) is 24.5 Å². The van der Waals surface area contributed by atoms with Crippen LogP contribution in [-0.4, -0.2) is 57.7 Å². The molecule has 31 heavy (non-hydrogen) atoms. The van der Waals surface area contributed by atoms with Crippen molar-refractivity contribution in [2.75, 3.05) is 35.7 Å². The van der Waals surface area contributed by atoms with E-state index in [2.05, 4.69) is 20.8 Å². The molecule has 0 aliphatic carbocycles. The predicted octanol–water partition coefficient (Wildman–Crippen LogP) is 3.20. The fourth-order valence-electron chi connectivity index (χ4n) is 3.76. The molecule has 0 unspecified atom stereocenters. The Hall–Kier alpha value is -2.34. The summed E-state index contributed by atoms with van der Waals surface area (Å²) in [6.45, 7) is 2.72. The Labute approximate surface area is 181 Å². The highest BCUT2D eigenvalue weighted by Crippen LogP contribution is 2.36. The van der Waals surface area contributed by atoms with Gasteiger partial charge in [0.2, 0.25) is 11.1 Å². The first-order chi connectivity index (χ1) is 14.9. The predicted molar refractivity (Wildman–Crippen MR) is 109 cm³/mol. The van der Waals surface area contributed by atoms with Gasteiger partial charge in [-0.1, -0.05) is 11.8 Å². The largest absolute Gasteiger partial charge is 0.416 e. The smallest absolute Gasteiger partial charge is 0.376 e. The van der Waals surface area contributed by atoms with Crippen molar-refractivity contribution >= 4 is 29.0 Å². The molecular formula is C19H23F3N6O2S. The van der Waals surface area contributed by atoms with E-state index in [1.165, 1.54) is 6.07 Å². The molecule has 2 aliphatic heterocycles. The van der Waals surface area contributed by atoms with E-state index in [-0.39, 0.29) is 17.5 Å². The van der Waals surface area contributed by atoms with E-state index in [0.717, 1.165) is 62.7 Å². The molecule has 0 radical (unpaired) electrons. The first-order valence-corrected chi connectivity index (χ1v) is 11.2. The molecule has 2 fully saturated rings. The molecule has 4 rings (SSSR count). The van der Waals surface area contributed by atoms with Crippen molar-refractivity contribution in [2.24, 2.45) is 0 Å². The van der Waals surface area contributed by atoms with Gasteiger partial charge in [-0.25, -0.2) is 4.68 Å². The van der Waals surface area contributed by atoms with Gasteiger partial charge in [-0.3, -0.25) is 4.79 Å². The highest BCUT2D eigenvalue weighted by atomic mass is 32.2. The van der Waals surface area contributed by atoms with Crippen LogP contribution in [0.25, 0.3) is 0 Å². The lowest BCUT2D eigenvalue weighted by Crippen LogP contribution is -2.23. The van der Waals surface area contributed by atoms with Crippen molar-refractivity contribution in [3.05, 3.63) is 23.8 Å². The number of nitrogens with zero attached hydrogens (tertiary/aromatic N) is 5. The molecule has 1 amide bonds. The number of tetrazole rings is 1. The molecule has 1 atom stereocenters. The summed E-state index contributed by atoms with van der Waals surface area (Å²) in [7, 11) is 0. The van der Waals surface area contributed by atoms with Gasteiger partial charge in [0.05, 0.1) is 35.3 Å². The van der Waals surface area contributed by atoms with Crippen molar-refractivity contribution in [1.29, 1.82) is 0 Å². The third kappa shape index (κ3) is 5.48. The van der Waals surface area contributed by atoms with E-state index in [9.17, 15) is 18.0 Å². The van der Waals surface area contributed by atoms with Crippen molar-refractivity contribution in [1.82, 2.24) is 20.2 Å². The number of nitrogens with one attached hydrogen (secondary N) is 1. The summed E-state index contributed by atoms with van der Waals surface area (Å²) in [5.41, 5.74) is -0.0211. The second kappa shape index (κ2) is 9.43. The maximum atomic E-state index is 13.2. The molecule has 0 saturated carbocycles. The summed E-state index contributed by atoms with van der Waals surface area (Å²) in [5, 5.41) is 14.6. The van der Waals surface area contributed by atoms with Crippen molar-refractivity contribution in [3.8, 4) is 0 Å². The summed E-state index contributed by atoms with van der Waals surface area (Å²) < 4.78 is 46.8. The number of carbonyl (C=O) groups excluding carboxylic acids is 1. The monoisotopic (exact) mass is 456 g/mol. The molecule has 0 bridgehead atoms. The minimum atomic E-state index is -4.48. The second-order valence-electron chi connectivity index (χ2n) is 7.54. The molecule has 1 aromatic heterocycles. The third-order valence-electron chi connectivity index (χ3n) is 5.28. The fourth-order valence-corrected chi connectivity index (χ4v) is 4.44. The number of thioether (sulfide) groups is 1. The summed E-state index contributed by atoms with van der Waals surface area (Å²) in [4.78, 5) is 14.5. The van der Waals surface area contributed by atoms with E-state index in [0.29, 0.717) is 24.0 Å². The van der Waals surface area contributed by atoms with Crippen molar-refractivity contribution in [3.63, 3.8) is 0 Å². The normalized spacial score (nSPS) is 19.2. The molecule has 8 nitrogen and oxygen atoms in total. The number of hydrogen-bond donors (Lipinski definition) is 1. The van der Waals surface area contributed by atoms with Crippen LogP contribution in [0.15, 0.2) is 23.4 Å². The topological polar surface area (TPSA) is 85.2 Å². The third-order valence-corrected chi connectivity index (χ3v) is 6.23. The zero-order valence-electron chi connectivity index (χ0n) is 16.8. The Morgan fingerprint density at radius 2 is 2.06 bits per heavy atom. The van der Waals surface area contributed by atoms with Gasteiger partial charge in [-0.2, -0.15) is 13.2 Å². The van der Waals surface area contributed by atoms with Gasteiger partial charge >= 0.3 is 6.18 Å². The molecule has 2 aromatic rings. The van der Waals surface area contributed by atoms with Crippen LogP contribution in [0.5, 0.6) is 0 Å². The number of amides is 1. The van der Waals surface area contributed by atoms with Crippen LogP contribution in [0.2, 0.25) is 0 Å². The number of anilines is 2. The SMILES string of the molecule is O=C(CSc1nnnn1C[C@@H]1CCCO1)Nc1cc(C(F)(F)F)ccc1N1CCCC1. The van der Waals surface area contributed by atoms with Crippen molar-refractivity contribution in [2.45, 2.75) is 49.7 Å². The van der Waals surface area contributed by atoms with Crippen LogP contribution in [0.3, 0.4) is 0 Å². The molecule has 2 saturated heterocycles. The first kappa shape index (κ1) is 21.9. The van der Waals surface area contributed by atoms with Gasteiger partial charge in [-0.15, -0.1) is 5.10 Å². The Morgan fingerprint density at radius 3 is 2.77 bits per heavy atom. The van der Waals surface area contributed by atoms with Crippen molar-refractivity contribution < 1.29 is 22.7 Å². The minimum Gasteiger partial charge on any atom is -0.376 e. The zero-order chi connectivity index (χ0) is 21.8. The molecule has 0 spiro atoms. The van der Waals surface area contributed by atoms with Gasteiger partial charge < -0.3 is 15.0 Å². The molecule has 2 aliphatic rings. The number of halogens is 3. The molecule has 1 N–H and O–H groups in total. The number of hydrogen-bond acceptors (Lipinski definition) is 7. The lowest BCUT2D eigenvalue weighted by Gasteiger charge is -2.23. The van der Waals surface area contributed by atoms with E-state index in [1.54, 1.807) is 4.68 Å². The quantitative estimate of drug-likeness (QED) is 0.641. The van der Waals surface area contributed by atoms with Gasteiger partial charge in [-0.05, 0) is 54.3 Å². The van der Waals surface area contributed by atoms with E-state index in [1.807, 2.05) is 4.90 Å². The van der Waals surface area contributed by atoms with E-state index in [4.69, 9.17) is 4.74 Å². The van der Waals surface area contributed by atoms with E-state index < -0.39 is 17.6 Å². The average molecular weight is 456 g/mol. The van der Waals surface area contributed by atoms with E-state index >= 15 is 0 Å². The number of rotatable bonds is 7. The summed E-state index contributed by atoms with van der Waals surface area (Å²) in [5.74, 6) is -0.446. The van der Waals surface area contributed by atoms with Gasteiger partial charge in [0, 0.05) is 19.7 Å². The Kier molecular flexibility index (Phi) is 6.65. The Balaban J connectivity index is 1.42. The average Bonchev–Trinajstić information content (AvgIpc) is 3.49. The molecule has 168 valence electrons. The Bertz CT molecular complexity index is 910. The first-order valence-electron chi connectivity index (χ1n) is 10.2. The molecular weight excluding hydrogens is 433 g/mol. The number of ether oxygens (including phenoxy) is 1. The molecule has 12 heteroatoms. The zero-order valence-corrected chi connectivity index (χ0v) is 17.6. The van der Waals surface area contributed by atoms with Gasteiger partial charge in [0.15, 0.2) is 0 Å². The number of benzene rings is 1. The standard InChI is InChI=1S/C19H23F3N6O2S/c20-19(21,22)13-5-6-16(27-7-1-2-8-27)15(10-13)23-17(29)12-31-18-24-25-26-28(18)11-14-4-3-9-30-14/h5-6,10,14H,1-4,7-9,11-12H2,(H,23,29)/t14-/m0/s1. The number of aromatic nitrogens is 4. The summed E-state index contributed by atoms with van der Waals surface area (Å²) >= 11 is 1.14. The minimum absolute atomic E-state index is 0.0262. The second-order valence-corrected chi connectivity index (χ2v) is 8.48. The van der Waals surface area contributed by atoms with Crippen LogP contribution in [-0.2, 0) is 22.3 Å². The molecule has 1 aromatic carbocycles. The van der Waals surface area contributed by atoms with Crippen LogP contribution in [0, 0.1) is 0 Å². The van der Waals surface area contributed by atoms with Gasteiger partial charge in [0.25, 0.3) is 0 Å². The molecule has 3 heterocycles. The maximum Gasteiger partial charge on any atom is 0.416 e. The number of carbonyl (C=O) groups is 1. The maximum absolute atomic E-state index is 13.2. The highest BCUT2D eigenvalue weighted by Gasteiger charge is 2.32. The van der Waals surface area contributed by atoms with Crippen LogP contribution in [0.1, 0.15) is 31.2 Å². The van der Waals surface area contributed by atoms with Crippen LogP contribution >= 0.6 is 11.8 Å². The lowest BCUT2D eigenvalue weighted by atomic mass is 10.1. The number of alkyl halides is 3. The fraction of sp³-hybridized carbons (Fsp3) is 0.579. The Morgan fingerprint density at radius 1 is 1.26 bits per heavy atom. The summed E-state index contributed by atoms with van der Waals surface area (Å²) in [6.07, 6.45) is -0.574. The van der Waals surface area contributed by atoms with Crippen LogP contribution < -0.4 is 10.2 Å². The lowest BCUT2D eigenvalue weighted by molar-refractivity contribution is -0.137.